The molecular formula is C13H17ClN4O2. The molecule has 0 radical (unpaired) electrons. The zero-order chi connectivity index (χ0) is 14.1. The molecule has 1 saturated heterocycles. The van der Waals surface area contributed by atoms with Crippen molar-refractivity contribution < 1.29 is 4.92 Å². The normalized spacial score (nSPS) is 21.9. The lowest BCUT2D eigenvalue weighted by molar-refractivity contribution is -0.385. The first-order valence-corrected chi connectivity index (χ1v) is 7.33. The van der Waals surface area contributed by atoms with E-state index >= 15 is 0 Å². The lowest BCUT2D eigenvalue weighted by atomic mass is 10.2. The summed E-state index contributed by atoms with van der Waals surface area (Å²) in [6, 6.07) is 2.33. The fourth-order valence-electron chi connectivity index (χ4n) is 2.68. The molecule has 2 fully saturated rings. The summed E-state index contributed by atoms with van der Waals surface area (Å²) in [7, 11) is 0. The maximum Gasteiger partial charge on any atom is 0.289 e. The summed E-state index contributed by atoms with van der Waals surface area (Å²) in [5.41, 5.74) is -0.0616. The highest BCUT2D eigenvalue weighted by Gasteiger charge is 2.33. The van der Waals surface area contributed by atoms with E-state index in [1.54, 1.807) is 0 Å². The number of anilines is 1. The van der Waals surface area contributed by atoms with Crippen LogP contribution in [-0.4, -0.2) is 35.1 Å². The minimum atomic E-state index is -0.470. The predicted molar refractivity (Wildman–Crippen MR) is 77.3 cm³/mol. The molecule has 2 heterocycles. The van der Waals surface area contributed by atoms with Crippen LogP contribution in [0.5, 0.6) is 0 Å². The first kappa shape index (κ1) is 13.6. The molecular weight excluding hydrogens is 280 g/mol. The van der Waals surface area contributed by atoms with Gasteiger partial charge in [-0.05, 0) is 32.2 Å². The third-order valence-corrected chi connectivity index (χ3v) is 4.14. The topological polar surface area (TPSA) is 71.3 Å². The van der Waals surface area contributed by atoms with E-state index in [0.717, 1.165) is 32.4 Å². The Bertz CT molecular complexity index is 515. The summed E-state index contributed by atoms with van der Waals surface area (Å²) >= 11 is 6.20. The third-order valence-electron chi connectivity index (χ3n) is 3.86. The molecule has 2 aliphatic rings. The van der Waals surface area contributed by atoms with Crippen molar-refractivity contribution in [3.63, 3.8) is 0 Å². The van der Waals surface area contributed by atoms with Gasteiger partial charge in [0, 0.05) is 24.7 Å². The molecule has 1 aromatic heterocycles. The molecule has 20 heavy (non-hydrogen) atoms. The fraction of sp³-hybridized carbons (Fsp3) is 0.615. The Morgan fingerprint density at radius 1 is 1.50 bits per heavy atom. The van der Waals surface area contributed by atoms with E-state index in [2.05, 4.69) is 15.2 Å². The zero-order valence-corrected chi connectivity index (χ0v) is 11.8. The quantitative estimate of drug-likeness (QED) is 0.667. The van der Waals surface area contributed by atoms with Crippen LogP contribution in [-0.2, 0) is 0 Å². The summed E-state index contributed by atoms with van der Waals surface area (Å²) in [5, 5.41) is 14.6. The highest BCUT2D eigenvalue weighted by Crippen LogP contribution is 2.36. The van der Waals surface area contributed by atoms with Gasteiger partial charge in [-0.15, -0.1) is 0 Å². The first-order chi connectivity index (χ1) is 9.65. The van der Waals surface area contributed by atoms with E-state index in [9.17, 15) is 10.1 Å². The second-order valence-electron chi connectivity index (χ2n) is 5.43. The van der Waals surface area contributed by atoms with Crippen molar-refractivity contribution in [3.8, 4) is 0 Å². The van der Waals surface area contributed by atoms with Crippen LogP contribution in [0.3, 0.4) is 0 Å². The largest absolute Gasteiger partial charge is 0.351 e. The van der Waals surface area contributed by atoms with Crippen molar-refractivity contribution in [1.29, 1.82) is 0 Å². The van der Waals surface area contributed by atoms with Gasteiger partial charge in [0.25, 0.3) is 5.69 Å². The van der Waals surface area contributed by atoms with Gasteiger partial charge in [-0.25, -0.2) is 4.98 Å². The maximum absolute atomic E-state index is 10.7. The van der Waals surface area contributed by atoms with Gasteiger partial charge in [-0.3, -0.25) is 10.1 Å². The van der Waals surface area contributed by atoms with Gasteiger partial charge in [0.1, 0.15) is 12.0 Å². The summed E-state index contributed by atoms with van der Waals surface area (Å²) < 4.78 is 0. The molecule has 1 N–H and O–H groups in total. The van der Waals surface area contributed by atoms with E-state index in [1.165, 1.54) is 18.7 Å². The molecule has 7 heteroatoms. The zero-order valence-electron chi connectivity index (χ0n) is 11.1. The molecule has 108 valence electrons. The molecule has 1 atom stereocenters. The minimum absolute atomic E-state index is 0.0616. The molecule has 0 spiro atoms. The van der Waals surface area contributed by atoms with Crippen LogP contribution in [0.25, 0.3) is 0 Å². The lowest BCUT2D eigenvalue weighted by Gasteiger charge is -2.27. The Hall–Kier alpha value is -1.40. The number of pyridine rings is 1. The SMILES string of the molecule is O=[N+]([O-])c1cnc(N(CC2CCCN2)C2CC2)c(Cl)c1. The highest BCUT2D eigenvalue weighted by atomic mass is 35.5. The Morgan fingerprint density at radius 2 is 2.30 bits per heavy atom. The molecule has 6 nitrogen and oxygen atoms in total. The Balaban J connectivity index is 1.81. The van der Waals surface area contributed by atoms with E-state index in [0.29, 0.717) is 22.9 Å². The first-order valence-electron chi connectivity index (χ1n) is 6.95. The number of aromatic nitrogens is 1. The van der Waals surface area contributed by atoms with Gasteiger partial charge in [-0.1, -0.05) is 11.6 Å². The van der Waals surface area contributed by atoms with Gasteiger partial charge in [-0.2, -0.15) is 0 Å². The van der Waals surface area contributed by atoms with Gasteiger partial charge < -0.3 is 10.2 Å². The monoisotopic (exact) mass is 296 g/mol. The average molecular weight is 297 g/mol. The van der Waals surface area contributed by atoms with E-state index < -0.39 is 4.92 Å². The summed E-state index contributed by atoms with van der Waals surface area (Å²) in [6.45, 7) is 1.93. The third kappa shape index (κ3) is 2.86. The molecule has 0 aromatic carbocycles. The number of rotatable bonds is 5. The Morgan fingerprint density at radius 3 is 2.85 bits per heavy atom. The van der Waals surface area contributed by atoms with E-state index in [-0.39, 0.29) is 5.69 Å². The highest BCUT2D eigenvalue weighted by molar-refractivity contribution is 6.33. The predicted octanol–water partition coefficient (Wildman–Crippen LogP) is 2.36. The number of nitrogens with zero attached hydrogens (tertiary/aromatic N) is 3. The molecule has 1 unspecified atom stereocenters. The van der Waals surface area contributed by atoms with Gasteiger partial charge in [0.15, 0.2) is 0 Å². The standard InChI is InChI=1S/C13H17ClN4O2/c14-12-6-11(18(19)20)7-16-13(12)17(10-3-4-10)8-9-2-1-5-15-9/h6-7,9-10,15H,1-5,8H2. The molecule has 1 saturated carbocycles. The molecule has 1 aliphatic heterocycles. The van der Waals surface area contributed by atoms with Crippen molar-refractivity contribution in [2.75, 3.05) is 18.0 Å². The van der Waals surface area contributed by atoms with Crippen LogP contribution >= 0.6 is 11.6 Å². The molecule has 0 amide bonds. The second kappa shape index (κ2) is 5.54. The molecule has 1 aromatic rings. The van der Waals surface area contributed by atoms with Crippen molar-refractivity contribution >= 4 is 23.1 Å². The van der Waals surface area contributed by atoms with Crippen LogP contribution in [0.2, 0.25) is 5.02 Å². The van der Waals surface area contributed by atoms with Crippen LogP contribution in [0.15, 0.2) is 12.3 Å². The number of hydrogen-bond acceptors (Lipinski definition) is 5. The van der Waals surface area contributed by atoms with Crippen molar-refractivity contribution in [1.82, 2.24) is 10.3 Å². The van der Waals surface area contributed by atoms with E-state index in [1.807, 2.05) is 0 Å². The average Bonchev–Trinajstić information content (AvgIpc) is 3.14. The maximum atomic E-state index is 10.7. The Labute approximate surface area is 122 Å². The summed E-state index contributed by atoms with van der Waals surface area (Å²) in [4.78, 5) is 16.7. The summed E-state index contributed by atoms with van der Waals surface area (Å²) in [6.07, 6.45) is 5.93. The van der Waals surface area contributed by atoms with Gasteiger partial charge >= 0.3 is 0 Å². The van der Waals surface area contributed by atoms with Crippen LogP contribution in [0.4, 0.5) is 11.5 Å². The van der Waals surface area contributed by atoms with Crippen LogP contribution in [0, 0.1) is 10.1 Å². The summed E-state index contributed by atoms with van der Waals surface area (Å²) in [5.74, 6) is 0.675. The van der Waals surface area contributed by atoms with Gasteiger partial charge in [0.05, 0.1) is 9.95 Å². The lowest BCUT2D eigenvalue weighted by Crippen LogP contribution is -2.39. The van der Waals surface area contributed by atoms with Crippen molar-refractivity contribution in [2.45, 2.75) is 37.8 Å². The minimum Gasteiger partial charge on any atom is -0.351 e. The van der Waals surface area contributed by atoms with Crippen molar-refractivity contribution in [2.24, 2.45) is 0 Å². The fourth-order valence-corrected chi connectivity index (χ4v) is 2.95. The van der Waals surface area contributed by atoms with Crippen LogP contribution in [0.1, 0.15) is 25.7 Å². The smallest absolute Gasteiger partial charge is 0.289 e. The molecule has 1 aliphatic carbocycles. The number of nitro groups is 1. The van der Waals surface area contributed by atoms with Crippen LogP contribution < -0.4 is 10.2 Å². The van der Waals surface area contributed by atoms with E-state index in [4.69, 9.17) is 11.6 Å². The number of nitrogens with one attached hydrogen (secondary N) is 1. The molecule has 3 rings (SSSR count). The Kier molecular flexibility index (Phi) is 3.76. The second-order valence-corrected chi connectivity index (χ2v) is 5.84. The number of hydrogen-bond donors (Lipinski definition) is 1. The van der Waals surface area contributed by atoms with Crippen molar-refractivity contribution in [3.05, 3.63) is 27.4 Å². The molecule has 0 bridgehead atoms. The van der Waals surface area contributed by atoms with Gasteiger partial charge in [0.2, 0.25) is 0 Å². The number of halogens is 1.